The first-order chi connectivity index (χ1) is 9.13. The minimum absolute atomic E-state index is 0.0593. The van der Waals surface area contributed by atoms with E-state index in [1.807, 2.05) is 7.05 Å². The lowest BCUT2D eigenvalue weighted by Crippen LogP contribution is -2.40. The SMILES string of the molecule is COCCNC(=O)CN(C)CC(=O)C1CCCCC1. The zero-order chi connectivity index (χ0) is 14.1. The van der Waals surface area contributed by atoms with Gasteiger partial charge in [0.15, 0.2) is 0 Å². The Morgan fingerprint density at radius 3 is 2.53 bits per heavy atom. The topological polar surface area (TPSA) is 58.6 Å². The van der Waals surface area contributed by atoms with Gasteiger partial charge in [-0.1, -0.05) is 19.3 Å². The van der Waals surface area contributed by atoms with Crippen LogP contribution < -0.4 is 5.32 Å². The van der Waals surface area contributed by atoms with Gasteiger partial charge in [0.25, 0.3) is 0 Å². The van der Waals surface area contributed by atoms with E-state index >= 15 is 0 Å². The number of amides is 1. The van der Waals surface area contributed by atoms with E-state index < -0.39 is 0 Å². The summed E-state index contributed by atoms with van der Waals surface area (Å²) in [4.78, 5) is 25.4. The molecule has 5 heteroatoms. The number of likely N-dealkylation sites (N-methyl/N-ethyl adjacent to an activating group) is 1. The van der Waals surface area contributed by atoms with E-state index in [2.05, 4.69) is 5.32 Å². The van der Waals surface area contributed by atoms with Gasteiger partial charge in [-0.2, -0.15) is 0 Å². The smallest absolute Gasteiger partial charge is 0.234 e. The predicted octanol–water partition coefficient (Wildman–Crippen LogP) is 0.830. The van der Waals surface area contributed by atoms with E-state index in [0.717, 1.165) is 25.7 Å². The van der Waals surface area contributed by atoms with Crippen molar-refractivity contribution in [2.45, 2.75) is 32.1 Å². The Morgan fingerprint density at radius 1 is 1.21 bits per heavy atom. The molecule has 0 bridgehead atoms. The fraction of sp³-hybridized carbons (Fsp3) is 0.857. The molecule has 0 radical (unpaired) electrons. The van der Waals surface area contributed by atoms with E-state index in [4.69, 9.17) is 4.74 Å². The van der Waals surface area contributed by atoms with Crippen molar-refractivity contribution in [3.8, 4) is 0 Å². The van der Waals surface area contributed by atoms with Crippen molar-refractivity contribution in [3.63, 3.8) is 0 Å². The van der Waals surface area contributed by atoms with Crippen LogP contribution in [0.2, 0.25) is 0 Å². The lowest BCUT2D eigenvalue weighted by Gasteiger charge is -2.23. The molecule has 1 fully saturated rings. The molecule has 0 aromatic carbocycles. The molecular formula is C14H26N2O3. The van der Waals surface area contributed by atoms with Crippen molar-refractivity contribution in [2.75, 3.05) is 40.4 Å². The van der Waals surface area contributed by atoms with Crippen molar-refractivity contribution in [1.29, 1.82) is 0 Å². The van der Waals surface area contributed by atoms with Gasteiger partial charge in [0, 0.05) is 19.6 Å². The van der Waals surface area contributed by atoms with Gasteiger partial charge in [-0.15, -0.1) is 0 Å². The minimum atomic E-state index is -0.0593. The second-order valence-electron chi connectivity index (χ2n) is 5.32. The Balaban J connectivity index is 2.20. The highest BCUT2D eigenvalue weighted by atomic mass is 16.5. The number of nitrogens with one attached hydrogen (secondary N) is 1. The van der Waals surface area contributed by atoms with Crippen molar-refractivity contribution in [2.24, 2.45) is 5.92 Å². The molecule has 0 heterocycles. The maximum atomic E-state index is 12.1. The van der Waals surface area contributed by atoms with Crippen LogP contribution in [-0.2, 0) is 14.3 Å². The van der Waals surface area contributed by atoms with E-state index in [-0.39, 0.29) is 24.2 Å². The molecule has 0 saturated heterocycles. The van der Waals surface area contributed by atoms with E-state index in [1.165, 1.54) is 6.42 Å². The Labute approximate surface area is 115 Å². The van der Waals surface area contributed by atoms with E-state index in [9.17, 15) is 9.59 Å². The number of carbonyl (C=O) groups is 2. The summed E-state index contributed by atoms with van der Waals surface area (Å²) in [6, 6.07) is 0. The largest absolute Gasteiger partial charge is 0.383 e. The molecule has 0 aliphatic heterocycles. The van der Waals surface area contributed by atoms with Gasteiger partial charge in [-0.3, -0.25) is 14.5 Å². The van der Waals surface area contributed by atoms with Gasteiger partial charge in [0.2, 0.25) is 5.91 Å². The quantitative estimate of drug-likeness (QED) is 0.664. The summed E-state index contributed by atoms with van der Waals surface area (Å²) in [5.41, 5.74) is 0. The molecule has 0 spiro atoms. The van der Waals surface area contributed by atoms with Crippen LogP contribution in [0.25, 0.3) is 0 Å². The first kappa shape index (κ1) is 16.1. The Kier molecular flexibility index (Phi) is 7.67. The summed E-state index contributed by atoms with van der Waals surface area (Å²) >= 11 is 0. The van der Waals surface area contributed by atoms with Gasteiger partial charge in [-0.05, 0) is 19.9 Å². The number of nitrogens with zero attached hydrogens (tertiary/aromatic N) is 1. The van der Waals surface area contributed by atoms with Gasteiger partial charge in [0.1, 0.15) is 5.78 Å². The maximum absolute atomic E-state index is 12.1. The first-order valence-electron chi connectivity index (χ1n) is 7.10. The highest BCUT2D eigenvalue weighted by molar-refractivity contribution is 5.84. The Morgan fingerprint density at radius 2 is 1.89 bits per heavy atom. The number of hydrogen-bond donors (Lipinski definition) is 1. The summed E-state index contributed by atoms with van der Waals surface area (Å²) < 4.78 is 4.86. The van der Waals surface area contributed by atoms with Gasteiger partial charge >= 0.3 is 0 Å². The number of rotatable bonds is 8. The number of carbonyl (C=O) groups excluding carboxylic acids is 2. The molecule has 5 nitrogen and oxygen atoms in total. The van der Waals surface area contributed by atoms with Crippen LogP contribution in [0.1, 0.15) is 32.1 Å². The number of methoxy groups -OCH3 is 1. The lowest BCUT2D eigenvalue weighted by molar-refractivity contribution is -0.126. The average Bonchev–Trinajstić information content (AvgIpc) is 2.39. The lowest BCUT2D eigenvalue weighted by atomic mass is 9.86. The van der Waals surface area contributed by atoms with Gasteiger partial charge < -0.3 is 10.1 Å². The van der Waals surface area contributed by atoms with Crippen LogP contribution in [0, 0.1) is 5.92 Å². The van der Waals surface area contributed by atoms with E-state index in [0.29, 0.717) is 19.7 Å². The Bertz CT molecular complexity index is 288. The van der Waals surface area contributed by atoms with Gasteiger partial charge in [-0.25, -0.2) is 0 Å². The molecule has 0 unspecified atom stereocenters. The summed E-state index contributed by atoms with van der Waals surface area (Å²) in [5, 5.41) is 2.75. The van der Waals surface area contributed by atoms with Crippen LogP contribution in [0.4, 0.5) is 0 Å². The third kappa shape index (κ3) is 6.68. The second-order valence-corrected chi connectivity index (χ2v) is 5.32. The summed E-state index contributed by atoms with van der Waals surface area (Å²) in [5.74, 6) is 0.440. The highest BCUT2D eigenvalue weighted by Crippen LogP contribution is 2.24. The van der Waals surface area contributed by atoms with Crippen LogP contribution >= 0.6 is 0 Å². The van der Waals surface area contributed by atoms with Crippen LogP contribution in [-0.4, -0.2) is 57.0 Å². The van der Waals surface area contributed by atoms with Crippen LogP contribution in [0.5, 0.6) is 0 Å². The molecule has 110 valence electrons. The zero-order valence-corrected chi connectivity index (χ0v) is 12.1. The number of Topliss-reactive ketones (excluding diaryl/α,β-unsaturated/α-hetero) is 1. The van der Waals surface area contributed by atoms with Crippen molar-refractivity contribution in [3.05, 3.63) is 0 Å². The number of hydrogen-bond acceptors (Lipinski definition) is 4. The standard InChI is InChI=1S/C14H26N2O3/c1-16(11-14(18)15-8-9-19-2)10-13(17)12-6-4-3-5-7-12/h12H,3-11H2,1-2H3,(H,15,18). The third-order valence-corrected chi connectivity index (χ3v) is 3.53. The van der Waals surface area contributed by atoms with Crippen molar-refractivity contribution >= 4 is 11.7 Å². The number of ketones is 1. The van der Waals surface area contributed by atoms with Crippen molar-refractivity contribution < 1.29 is 14.3 Å². The fourth-order valence-corrected chi connectivity index (χ4v) is 2.47. The van der Waals surface area contributed by atoms with Crippen LogP contribution in [0.15, 0.2) is 0 Å². The van der Waals surface area contributed by atoms with E-state index in [1.54, 1.807) is 12.0 Å². The zero-order valence-electron chi connectivity index (χ0n) is 12.1. The molecule has 0 atom stereocenters. The van der Waals surface area contributed by atoms with Crippen LogP contribution in [0.3, 0.4) is 0 Å². The predicted molar refractivity (Wildman–Crippen MR) is 74.0 cm³/mol. The average molecular weight is 270 g/mol. The molecule has 19 heavy (non-hydrogen) atoms. The molecule has 1 amide bonds. The maximum Gasteiger partial charge on any atom is 0.234 e. The normalized spacial score (nSPS) is 16.6. The molecule has 1 N–H and O–H groups in total. The van der Waals surface area contributed by atoms with Gasteiger partial charge in [0.05, 0.1) is 19.7 Å². The molecule has 0 aromatic heterocycles. The van der Waals surface area contributed by atoms with Crippen molar-refractivity contribution in [1.82, 2.24) is 10.2 Å². The highest BCUT2D eigenvalue weighted by Gasteiger charge is 2.22. The summed E-state index contributed by atoms with van der Waals surface area (Å²) in [6.07, 6.45) is 5.62. The molecule has 1 aliphatic rings. The summed E-state index contributed by atoms with van der Waals surface area (Å²) in [7, 11) is 3.41. The molecule has 1 saturated carbocycles. The molecule has 0 aromatic rings. The molecule has 1 rings (SSSR count). The fourth-order valence-electron chi connectivity index (χ4n) is 2.47. The number of ether oxygens (including phenoxy) is 1. The minimum Gasteiger partial charge on any atom is -0.383 e. The Hall–Kier alpha value is -0.940. The second kappa shape index (κ2) is 9.04. The molecular weight excluding hydrogens is 244 g/mol. The summed E-state index contributed by atoms with van der Waals surface area (Å²) in [6.45, 7) is 1.67. The monoisotopic (exact) mass is 270 g/mol. The third-order valence-electron chi connectivity index (χ3n) is 3.53. The molecule has 1 aliphatic carbocycles. The first-order valence-corrected chi connectivity index (χ1v) is 7.10.